The topological polar surface area (TPSA) is 121 Å². The minimum atomic E-state index is -3.84. The first-order valence-corrected chi connectivity index (χ1v) is 14.6. The Morgan fingerprint density at radius 3 is 1.63 bits per heavy atom. The molecule has 38 heavy (non-hydrogen) atoms. The van der Waals surface area contributed by atoms with Gasteiger partial charge in [0, 0.05) is 16.9 Å². The summed E-state index contributed by atoms with van der Waals surface area (Å²) in [5.74, 6) is -0.465. The summed E-state index contributed by atoms with van der Waals surface area (Å²) in [6, 6.07) is 23.9. The van der Waals surface area contributed by atoms with E-state index in [2.05, 4.69) is 14.8 Å². The van der Waals surface area contributed by atoms with Crippen LogP contribution in [0.25, 0.3) is 0 Å². The average Bonchev–Trinajstić information content (AvgIpc) is 2.87. The lowest BCUT2D eigenvalue weighted by Crippen LogP contribution is -2.17. The molecule has 0 aliphatic carbocycles. The highest BCUT2D eigenvalue weighted by Gasteiger charge is 2.19. The van der Waals surface area contributed by atoms with Gasteiger partial charge in [0.1, 0.15) is 0 Å². The number of anilines is 3. The molecule has 0 atom stereocenters. The molecule has 0 saturated carbocycles. The molecule has 0 aliphatic rings. The Hall–Kier alpha value is -4.15. The number of nitrogens with one attached hydrogen (secondary N) is 3. The summed E-state index contributed by atoms with van der Waals surface area (Å²) >= 11 is 0. The average molecular weight is 550 g/mol. The molecule has 0 bridgehead atoms. The van der Waals surface area contributed by atoms with Crippen molar-refractivity contribution in [2.24, 2.45) is 0 Å². The maximum atomic E-state index is 13.0. The molecule has 0 fully saturated rings. The van der Waals surface area contributed by atoms with Crippen molar-refractivity contribution in [3.63, 3.8) is 0 Å². The number of carbonyl (C=O) groups is 1. The van der Waals surface area contributed by atoms with Gasteiger partial charge in [0.05, 0.1) is 15.5 Å². The maximum Gasteiger partial charge on any atom is 0.261 e. The van der Waals surface area contributed by atoms with Crippen molar-refractivity contribution in [2.75, 3.05) is 14.8 Å². The van der Waals surface area contributed by atoms with Gasteiger partial charge in [-0.05, 0) is 87.0 Å². The highest BCUT2D eigenvalue weighted by molar-refractivity contribution is 7.93. The van der Waals surface area contributed by atoms with E-state index in [-0.39, 0.29) is 21.0 Å². The van der Waals surface area contributed by atoms with E-state index in [0.29, 0.717) is 16.9 Å². The van der Waals surface area contributed by atoms with Crippen LogP contribution in [0.5, 0.6) is 0 Å². The second-order valence-electron chi connectivity index (χ2n) is 8.85. The SMILES string of the molecule is Cc1ccc(NS(=O)(=O)c2ccc(NC(=O)c3cccc(NS(=O)(=O)c4ccc(C)cc4)c3C)cc2)cc1. The van der Waals surface area contributed by atoms with Crippen molar-refractivity contribution in [1.82, 2.24) is 0 Å². The normalized spacial score (nSPS) is 11.6. The van der Waals surface area contributed by atoms with Gasteiger partial charge in [0.2, 0.25) is 0 Å². The molecule has 4 aromatic rings. The second-order valence-corrected chi connectivity index (χ2v) is 12.2. The molecule has 10 heteroatoms. The van der Waals surface area contributed by atoms with Gasteiger partial charge in [-0.15, -0.1) is 0 Å². The van der Waals surface area contributed by atoms with E-state index in [9.17, 15) is 21.6 Å². The maximum absolute atomic E-state index is 13.0. The third-order valence-corrected chi connectivity index (χ3v) is 8.66. The lowest BCUT2D eigenvalue weighted by atomic mass is 10.1. The molecular formula is C28H27N3O5S2. The van der Waals surface area contributed by atoms with E-state index in [1.54, 1.807) is 61.5 Å². The largest absolute Gasteiger partial charge is 0.322 e. The lowest BCUT2D eigenvalue weighted by molar-refractivity contribution is 0.102. The summed E-state index contributed by atoms with van der Waals surface area (Å²) in [6.45, 7) is 5.42. The first-order chi connectivity index (χ1) is 17.9. The molecule has 0 aromatic heterocycles. The van der Waals surface area contributed by atoms with Crippen LogP contribution in [0.15, 0.2) is 101 Å². The van der Waals surface area contributed by atoms with E-state index in [4.69, 9.17) is 0 Å². The minimum Gasteiger partial charge on any atom is -0.322 e. The fourth-order valence-electron chi connectivity index (χ4n) is 3.66. The Morgan fingerprint density at radius 2 is 1.05 bits per heavy atom. The summed E-state index contributed by atoms with van der Waals surface area (Å²) in [5, 5.41) is 2.73. The molecule has 0 spiro atoms. The molecule has 3 N–H and O–H groups in total. The predicted octanol–water partition coefficient (Wildman–Crippen LogP) is 5.47. The molecule has 4 rings (SSSR count). The number of hydrogen-bond acceptors (Lipinski definition) is 5. The van der Waals surface area contributed by atoms with Gasteiger partial charge in [-0.3, -0.25) is 14.2 Å². The van der Waals surface area contributed by atoms with Crippen LogP contribution in [0.1, 0.15) is 27.0 Å². The van der Waals surface area contributed by atoms with Crippen LogP contribution in [0.4, 0.5) is 17.1 Å². The number of aryl methyl sites for hydroxylation is 2. The summed E-state index contributed by atoms with van der Waals surface area (Å²) < 4.78 is 56.1. The zero-order valence-corrected chi connectivity index (χ0v) is 22.7. The molecule has 0 heterocycles. The third-order valence-electron chi connectivity index (χ3n) is 5.88. The summed E-state index contributed by atoms with van der Waals surface area (Å²) in [4.78, 5) is 13.1. The number of carbonyl (C=O) groups excluding carboxylic acids is 1. The Bertz CT molecular complexity index is 1680. The molecular weight excluding hydrogens is 522 g/mol. The van der Waals surface area contributed by atoms with Crippen LogP contribution in [0, 0.1) is 20.8 Å². The fourth-order valence-corrected chi connectivity index (χ4v) is 5.85. The fraction of sp³-hybridized carbons (Fsp3) is 0.107. The van der Waals surface area contributed by atoms with Crippen LogP contribution in [0.3, 0.4) is 0 Å². The Balaban J connectivity index is 1.48. The molecule has 1 amide bonds. The molecule has 0 radical (unpaired) electrons. The molecule has 196 valence electrons. The van der Waals surface area contributed by atoms with Gasteiger partial charge in [-0.25, -0.2) is 16.8 Å². The summed E-state index contributed by atoms with van der Waals surface area (Å²) in [5.41, 5.74) is 3.77. The summed E-state index contributed by atoms with van der Waals surface area (Å²) in [6.07, 6.45) is 0. The van der Waals surface area contributed by atoms with Crippen LogP contribution in [-0.4, -0.2) is 22.7 Å². The Kier molecular flexibility index (Phi) is 7.56. The smallest absolute Gasteiger partial charge is 0.261 e. The van der Waals surface area contributed by atoms with E-state index in [1.807, 2.05) is 13.8 Å². The quantitative estimate of drug-likeness (QED) is 0.269. The number of sulfonamides is 2. The van der Waals surface area contributed by atoms with Gasteiger partial charge >= 0.3 is 0 Å². The number of benzene rings is 4. The van der Waals surface area contributed by atoms with Gasteiger partial charge < -0.3 is 5.32 Å². The third kappa shape index (κ3) is 6.21. The molecule has 0 aliphatic heterocycles. The van der Waals surface area contributed by atoms with Crippen molar-refractivity contribution in [3.8, 4) is 0 Å². The highest BCUT2D eigenvalue weighted by atomic mass is 32.2. The first-order valence-electron chi connectivity index (χ1n) is 11.6. The van der Waals surface area contributed by atoms with Gasteiger partial charge in [0.25, 0.3) is 26.0 Å². The lowest BCUT2D eigenvalue weighted by Gasteiger charge is -2.14. The van der Waals surface area contributed by atoms with Crippen LogP contribution in [0.2, 0.25) is 0 Å². The predicted molar refractivity (Wildman–Crippen MR) is 150 cm³/mol. The van der Waals surface area contributed by atoms with E-state index < -0.39 is 26.0 Å². The Labute approximate surface area is 222 Å². The van der Waals surface area contributed by atoms with Crippen molar-refractivity contribution >= 4 is 43.0 Å². The Morgan fingerprint density at radius 1 is 0.579 bits per heavy atom. The second kappa shape index (κ2) is 10.7. The van der Waals surface area contributed by atoms with Crippen LogP contribution in [-0.2, 0) is 20.0 Å². The number of hydrogen-bond donors (Lipinski definition) is 3. The van der Waals surface area contributed by atoms with Crippen molar-refractivity contribution in [3.05, 3.63) is 113 Å². The van der Waals surface area contributed by atoms with E-state index >= 15 is 0 Å². The summed E-state index contributed by atoms with van der Waals surface area (Å²) in [7, 11) is -7.65. The van der Waals surface area contributed by atoms with Crippen molar-refractivity contribution in [1.29, 1.82) is 0 Å². The monoisotopic (exact) mass is 549 g/mol. The van der Waals surface area contributed by atoms with Crippen molar-refractivity contribution < 1.29 is 21.6 Å². The minimum absolute atomic E-state index is 0.0414. The van der Waals surface area contributed by atoms with Gasteiger partial charge in [-0.2, -0.15) is 0 Å². The zero-order valence-electron chi connectivity index (χ0n) is 21.0. The first kappa shape index (κ1) is 26.9. The standard InChI is InChI=1S/C28H27N3O5S2/c1-19-7-11-23(12-8-19)30-37(33,34)25-17-13-22(14-18-25)29-28(32)26-5-4-6-27(21(26)3)31-38(35,36)24-15-9-20(2)10-16-24/h4-18,30-31H,1-3H3,(H,29,32). The van der Waals surface area contributed by atoms with Gasteiger partial charge in [-0.1, -0.05) is 41.5 Å². The van der Waals surface area contributed by atoms with Crippen molar-refractivity contribution in [2.45, 2.75) is 30.6 Å². The number of rotatable bonds is 8. The van der Waals surface area contributed by atoms with Crippen LogP contribution >= 0.6 is 0 Å². The molecule has 8 nitrogen and oxygen atoms in total. The van der Waals surface area contributed by atoms with Gasteiger partial charge in [0.15, 0.2) is 0 Å². The highest BCUT2D eigenvalue weighted by Crippen LogP contribution is 2.24. The zero-order chi connectivity index (χ0) is 27.5. The van der Waals surface area contributed by atoms with E-state index in [1.165, 1.54) is 36.4 Å². The number of amides is 1. The molecule has 0 unspecified atom stereocenters. The molecule has 4 aromatic carbocycles. The van der Waals surface area contributed by atoms with E-state index in [0.717, 1.165) is 11.1 Å². The molecule has 0 saturated heterocycles. The van der Waals surface area contributed by atoms with Crippen LogP contribution < -0.4 is 14.8 Å².